The van der Waals surface area contributed by atoms with Gasteiger partial charge >= 0.3 is 13.2 Å². The van der Waals surface area contributed by atoms with Crippen molar-refractivity contribution in [2.75, 3.05) is 0 Å². The van der Waals surface area contributed by atoms with Crippen LogP contribution < -0.4 is 9.47 Å². The van der Waals surface area contributed by atoms with Gasteiger partial charge in [-0.1, -0.05) is 11.6 Å². The molecule has 0 aliphatic rings. The molecular formula is C21H15ClF4N4O4S. The predicted molar refractivity (Wildman–Crippen MR) is 117 cm³/mol. The standard InChI is InChI=1S/C21H15ClF4N4O4S/c1-29-11-16(10-27-29)35(31,32)30-19(13-4-8-15(9-5-13)34-21(25)26)17(22)18(28-30)12-2-6-14(7-3-12)33-20(23)24/h2-11,20-21H,1H3. The number of nitrogens with zero attached hydrogens (tertiary/aromatic N) is 4. The summed E-state index contributed by atoms with van der Waals surface area (Å²) >= 11 is 6.57. The van der Waals surface area contributed by atoms with Gasteiger partial charge in [0.25, 0.3) is 10.0 Å². The number of ether oxygens (including phenoxy) is 2. The maximum Gasteiger partial charge on any atom is 0.387 e. The molecule has 0 aliphatic carbocycles. The summed E-state index contributed by atoms with van der Waals surface area (Å²) in [6.45, 7) is -6.05. The second-order valence-electron chi connectivity index (χ2n) is 7.01. The van der Waals surface area contributed by atoms with Gasteiger partial charge in [-0.3, -0.25) is 4.68 Å². The van der Waals surface area contributed by atoms with E-state index in [1.54, 1.807) is 0 Å². The number of hydrogen-bond acceptors (Lipinski definition) is 6. The van der Waals surface area contributed by atoms with E-state index in [1.807, 2.05) is 0 Å². The van der Waals surface area contributed by atoms with Crippen molar-refractivity contribution in [3.8, 4) is 34.0 Å². The van der Waals surface area contributed by atoms with Gasteiger partial charge in [0.05, 0.1) is 11.2 Å². The third-order valence-electron chi connectivity index (χ3n) is 4.71. The molecule has 0 fully saturated rings. The van der Waals surface area contributed by atoms with Crippen LogP contribution >= 0.6 is 11.6 Å². The maximum absolute atomic E-state index is 13.4. The Morgan fingerprint density at radius 1 is 0.886 bits per heavy atom. The molecule has 0 spiro atoms. The largest absolute Gasteiger partial charge is 0.435 e. The Balaban J connectivity index is 1.86. The van der Waals surface area contributed by atoms with Crippen LogP contribution in [0.5, 0.6) is 11.5 Å². The summed E-state index contributed by atoms with van der Waals surface area (Å²) in [7, 11) is -2.76. The highest BCUT2D eigenvalue weighted by Gasteiger charge is 2.29. The fourth-order valence-electron chi connectivity index (χ4n) is 3.20. The van der Waals surface area contributed by atoms with E-state index < -0.39 is 23.2 Å². The third-order valence-corrected chi connectivity index (χ3v) is 6.59. The van der Waals surface area contributed by atoms with E-state index in [4.69, 9.17) is 11.6 Å². The van der Waals surface area contributed by atoms with Gasteiger partial charge in [0.2, 0.25) is 0 Å². The molecule has 0 atom stereocenters. The number of rotatable bonds is 8. The summed E-state index contributed by atoms with van der Waals surface area (Å²) in [6.07, 6.45) is 2.40. The lowest BCUT2D eigenvalue weighted by atomic mass is 10.1. The minimum Gasteiger partial charge on any atom is -0.435 e. The fraction of sp³-hybridized carbons (Fsp3) is 0.143. The molecule has 0 radical (unpaired) electrons. The van der Waals surface area contributed by atoms with Gasteiger partial charge in [0.1, 0.15) is 27.8 Å². The normalized spacial score (nSPS) is 11.9. The van der Waals surface area contributed by atoms with Crippen molar-refractivity contribution in [1.82, 2.24) is 19.0 Å². The van der Waals surface area contributed by atoms with Crippen LogP contribution in [-0.4, -0.2) is 40.6 Å². The molecule has 4 aromatic rings. The summed E-state index contributed by atoms with van der Waals surface area (Å²) in [6, 6.07) is 10.4. The maximum atomic E-state index is 13.4. The lowest BCUT2D eigenvalue weighted by molar-refractivity contribution is -0.0505. The average Bonchev–Trinajstić information content (AvgIpc) is 3.38. The van der Waals surface area contributed by atoms with Gasteiger partial charge < -0.3 is 9.47 Å². The van der Waals surface area contributed by atoms with Gasteiger partial charge in [-0.05, 0) is 48.5 Å². The van der Waals surface area contributed by atoms with E-state index in [-0.39, 0.29) is 38.4 Å². The average molecular weight is 531 g/mol. The summed E-state index contributed by atoms with van der Waals surface area (Å²) in [5, 5.41) is 7.98. The first-order valence-electron chi connectivity index (χ1n) is 9.69. The van der Waals surface area contributed by atoms with E-state index in [0.717, 1.165) is 6.20 Å². The highest BCUT2D eigenvalue weighted by Crippen LogP contribution is 2.39. The number of benzene rings is 2. The van der Waals surface area contributed by atoms with E-state index in [9.17, 15) is 26.0 Å². The molecule has 0 N–H and O–H groups in total. The first kappa shape index (κ1) is 24.5. The van der Waals surface area contributed by atoms with Crippen molar-refractivity contribution in [3.05, 3.63) is 65.9 Å². The number of alkyl halides is 4. The topological polar surface area (TPSA) is 88.2 Å². The smallest absolute Gasteiger partial charge is 0.387 e. The molecule has 0 saturated carbocycles. The molecular weight excluding hydrogens is 516 g/mol. The number of aromatic nitrogens is 4. The lowest BCUT2D eigenvalue weighted by Crippen LogP contribution is -2.15. The van der Waals surface area contributed by atoms with E-state index in [0.29, 0.717) is 9.65 Å². The van der Waals surface area contributed by atoms with Crippen molar-refractivity contribution in [3.63, 3.8) is 0 Å². The molecule has 184 valence electrons. The second-order valence-corrected chi connectivity index (χ2v) is 9.16. The number of hydrogen-bond donors (Lipinski definition) is 0. The molecule has 0 amide bonds. The molecule has 8 nitrogen and oxygen atoms in total. The Labute approximate surface area is 201 Å². The summed E-state index contributed by atoms with van der Waals surface area (Å²) in [5.41, 5.74) is 0.531. The molecule has 0 saturated heterocycles. The number of halogens is 5. The molecule has 0 unspecified atom stereocenters. The Morgan fingerprint density at radius 3 is 1.86 bits per heavy atom. The van der Waals surface area contributed by atoms with Gasteiger partial charge in [-0.25, -0.2) is 0 Å². The molecule has 4 rings (SSSR count). The van der Waals surface area contributed by atoms with Crippen molar-refractivity contribution < 1.29 is 35.5 Å². The zero-order valence-corrected chi connectivity index (χ0v) is 19.2. The van der Waals surface area contributed by atoms with Gasteiger partial charge in [0, 0.05) is 24.4 Å². The van der Waals surface area contributed by atoms with Crippen molar-refractivity contribution >= 4 is 21.6 Å². The molecule has 2 heterocycles. The molecule has 35 heavy (non-hydrogen) atoms. The highest BCUT2D eigenvalue weighted by molar-refractivity contribution is 7.90. The lowest BCUT2D eigenvalue weighted by Gasteiger charge is -2.09. The molecule has 0 bridgehead atoms. The minimum atomic E-state index is -4.30. The minimum absolute atomic E-state index is 0.0330. The molecule has 14 heteroatoms. The summed E-state index contributed by atoms with van der Waals surface area (Å²) < 4.78 is 87.4. The van der Waals surface area contributed by atoms with Crippen LogP contribution in [0.25, 0.3) is 22.5 Å². The van der Waals surface area contributed by atoms with Crippen molar-refractivity contribution in [2.24, 2.45) is 7.05 Å². The first-order chi connectivity index (χ1) is 16.6. The predicted octanol–water partition coefficient (Wildman–Crippen LogP) is 5.04. The van der Waals surface area contributed by atoms with Crippen LogP contribution in [0.2, 0.25) is 5.02 Å². The van der Waals surface area contributed by atoms with Crippen LogP contribution in [0.1, 0.15) is 0 Å². The third kappa shape index (κ3) is 5.10. The first-order valence-corrected chi connectivity index (χ1v) is 11.5. The summed E-state index contributed by atoms with van der Waals surface area (Å²) in [4.78, 5) is -0.176. The van der Waals surface area contributed by atoms with E-state index in [1.165, 1.54) is 66.5 Å². The van der Waals surface area contributed by atoms with Crippen LogP contribution in [0.4, 0.5) is 17.6 Å². The Morgan fingerprint density at radius 2 is 1.40 bits per heavy atom. The van der Waals surface area contributed by atoms with Crippen LogP contribution in [-0.2, 0) is 17.1 Å². The Bertz CT molecular complexity index is 1440. The fourth-order valence-corrected chi connectivity index (χ4v) is 4.87. The second kappa shape index (κ2) is 9.58. The van der Waals surface area contributed by atoms with Crippen LogP contribution in [0.3, 0.4) is 0 Å². The van der Waals surface area contributed by atoms with Crippen LogP contribution in [0, 0.1) is 0 Å². The Kier molecular flexibility index (Phi) is 6.72. The van der Waals surface area contributed by atoms with Crippen LogP contribution in [0.15, 0.2) is 65.8 Å². The van der Waals surface area contributed by atoms with Crippen molar-refractivity contribution in [1.29, 1.82) is 0 Å². The number of aryl methyl sites for hydroxylation is 1. The van der Waals surface area contributed by atoms with E-state index in [2.05, 4.69) is 19.7 Å². The zero-order chi connectivity index (χ0) is 25.3. The van der Waals surface area contributed by atoms with Gasteiger partial charge in [0.15, 0.2) is 0 Å². The summed E-state index contributed by atoms with van der Waals surface area (Å²) in [5.74, 6) is -0.256. The Hall–Kier alpha value is -3.58. The quantitative estimate of drug-likeness (QED) is 0.296. The molecule has 0 aliphatic heterocycles. The monoisotopic (exact) mass is 530 g/mol. The molecule has 2 aromatic carbocycles. The van der Waals surface area contributed by atoms with E-state index >= 15 is 0 Å². The van der Waals surface area contributed by atoms with Gasteiger partial charge in [-0.15, -0.1) is 0 Å². The zero-order valence-electron chi connectivity index (χ0n) is 17.6. The SMILES string of the molecule is Cn1cc(S(=O)(=O)n2nc(-c3ccc(OC(F)F)cc3)c(Cl)c2-c2ccc(OC(F)F)cc2)cn1. The highest BCUT2D eigenvalue weighted by atomic mass is 35.5. The van der Waals surface area contributed by atoms with Gasteiger partial charge in [-0.2, -0.15) is 40.3 Å². The molecule has 2 aromatic heterocycles. The van der Waals surface area contributed by atoms with Crippen molar-refractivity contribution in [2.45, 2.75) is 18.1 Å².